The van der Waals surface area contributed by atoms with Gasteiger partial charge in [0.05, 0.1) is 0 Å². The van der Waals surface area contributed by atoms with Crippen LogP contribution in [0, 0.1) is 5.41 Å². The third-order valence-corrected chi connectivity index (χ3v) is 2.23. The van der Waals surface area contributed by atoms with Crippen molar-refractivity contribution >= 4 is 11.9 Å². The van der Waals surface area contributed by atoms with Gasteiger partial charge in [-0.15, -0.1) is 0 Å². The fraction of sp³-hybridized carbons (Fsp3) is 0.778. The van der Waals surface area contributed by atoms with Crippen molar-refractivity contribution in [3.05, 3.63) is 0 Å². The molecule has 88 valence electrons. The fourth-order valence-corrected chi connectivity index (χ4v) is 1.31. The summed E-state index contributed by atoms with van der Waals surface area (Å²) in [6.07, 6.45) is 4.36. The predicted octanol–water partition coefficient (Wildman–Crippen LogP) is 0.479. The molecule has 6 nitrogen and oxygen atoms in total. The van der Waals surface area contributed by atoms with Crippen molar-refractivity contribution in [2.75, 3.05) is 0 Å². The molecule has 0 saturated heterocycles. The number of carboxylic acids is 1. The summed E-state index contributed by atoms with van der Waals surface area (Å²) in [7, 11) is 0. The molecule has 0 rings (SSSR count). The second-order valence-electron chi connectivity index (χ2n) is 3.50. The number of hydrogen-bond donors (Lipinski definition) is 4. The first-order valence-electron chi connectivity index (χ1n) is 5.11. The molecule has 0 fully saturated rings. The van der Waals surface area contributed by atoms with Gasteiger partial charge in [-0.1, -0.05) is 32.6 Å². The van der Waals surface area contributed by atoms with Gasteiger partial charge in [-0.25, -0.2) is 10.6 Å². The molecule has 0 aromatic carbocycles. The zero-order valence-corrected chi connectivity index (χ0v) is 9.07. The number of nitrogens with one attached hydrogen (secondary N) is 1. The SMILES string of the molecule is CCCCCCC(C(=O)O)N(N)C(=N)N. The van der Waals surface area contributed by atoms with Crippen LogP contribution in [0.3, 0.4) is 0 Å². The lowest BCUT2D eigenvalue weighted by atomic mass is 10.1. The van der Waals surface area contributed by atoms with Gasteiger partial charge in [-0.2, -0.15) is 0 Å². The molecule has 0 heterocycles. The number of nitrogens with two attached hydrogens (primary N) is 2. The number of aliphatic carboxylic acids is 1. The average molecular weight is 216 g/mol. The van der Waals surface area contributed by atoms with Gasteiger partial charge in [-0.3, -0.25) is 10.4 Å². The Labute approximate surface area is 89.7 Å². The fourth-order valence-electron chi connectivity index (χ4n) is 1.31. The zero-order valence-electron chi connectivity index (χ0n) is 9.07. The topological polar surface area (TPSA) is 116 Å². The van der Waals surface area contributed by atoms with Crippen LogP contribution < -0.4 is 11.6 Å². The second kappa shape index (κ2) is 7.05. The first-order chi connectivity index (χ1) is 7.00. The first-order valence-corrected chi connectivity index (χ1v) is 5.11. The van der Waals surface area contributed by atoms with E-state index in [0.29, 0.717) is 6.42 Å². The van der Waals surface area contributed by atoms with Gasteiger partial charge in [0, 0.05) is 0 Å². The Hall–Kier alpha value is -1.30. The van der Waals surface area contributed by atoms with Crippen molar-refractivity contribution in [2.45, 2.75) is 45.1 Å². The van der Waals surface area contributed by atoms with E-state index in [1.54, 1.807) is 0 Å². The van der Waals surface area contributed by atoms with E-state index in [0.717, 1.165) is 30.7 Å². The van der Waals surface area contributed by atoms with Crippen molar-refractivity contribution in [3.63, 3.8) is 0 Å². The maximum Gasteiger partial charge on any atom is 0.328 e. The third kappa shape index (κ3) is 5.21. The molecular formula is C9H20N4O2. The van der Waals surface area contributed by atoms with Gasteiger partial charge in [0.1, 0.15) is 6.04 Å². The average Bonchev–Trinajstić information content (AvgIpc) is 2.16. The van der Waals surface area contributed by atoms with Crippen molar-refractivity contribution in [2.24, 2.45) is 11.6 Å². The molecule has 15 heavy (non-hydrogen) atoms. The quantitative estimate of drug-likeness (QED) is 0.162. The summed E-state index contributed by atoms with van der Waals surface area (Å²) in [4.78, 5) is 10.8. The lowest BCUT2D eigenvalue weighted by molar-refractivity contribution is -0.142. The summed E-state index contributed by atoms with van der Waals surface area (Å²) in [5.74, 6) is 3.92. The minimum absolute atomic E-state index is 0.419. The van der Waals surface area contributed by atoms with Crippen LogP contribution >= 0.6 is 0 Å². The van der Waals surface area contributed by atoms with E-state index in [4.69, 9.17) is 22.1 Å². The highest BCUT2D eigenvalue weighted by atomic mass is 16.4. The van der Waals surface area contributed by atoms with Crippen molar-refractivity contribution in [1.82, 2.24) is 5.01 Å². The Morgan fingerprint density at radius 3 is 2.47 bits per heavy atom. The van der Waals surface area contributed by atoms with Gasteiger partial charge < -0.3 is 10.8 Å². The molecule has 0 radical (unpaired) electrons. The van der Waals surface area contributed by atoms with E-state index in [1.165, 1.54) is 0 Å². The highest BCUT2D eigenvalue weighted by Crippen LogP contribution is 2.08. The van der Waals surface area contributed by atoms with E-state index in [1.807, 2.05) is 0 Å². The molecule has 1 atom stereocenters. The van der Waals surface area contributed by atoms with Crippen molar-refractivity contribution in [1.29, 1.82) is 5.41 Å². The van der Waals surface area contributed by atoms with E-state index in [9.17, 15) is 4.79 Å². The standard InChI is InChI=1S/C9H20N4O2/c1-2-3-4-5-6-7(8(14)15)13(12)9(10)11/h7H,2-6,12H2,1H3,(H3,10,11)(H,14,15). The summed E-state index contributed by atoms with van der Waals surface area (Å²) >= 11 is 0. The molecule has 0 saturated carbocycles. The van der Waals surface area contributed by atoms with Crippen LogP contribution in [0.15, 0.2) is 0 Å². The van der Waals surface area contributed by atoms with Gasteiger partial charge in [0.2, 0.25) is 5.96 Å². The number of hydrazine groups is 1. The number of nitrogens with zero attached hydrogens (tertiary/aromatic N) is 1. The molecule has 0 aliphatic carbocycles. The summed E-state index contributed by atoms with van der Waals surface area (Å²) < 4.78 is 0. The lowest BCUT2D eigenvalue weighted by Gasteiger charge is -2.23. The molecule has 0 bridgehead atoms. The summed E-state index contributed by atoms with van der Waals surface area (Å²) in [6, 6.07) is -0.889. The number of hydrogen-bond acceptors (Lipinski definition) is 3. The van der Waals surface area contributed by atoms with Crippen LogP contribution in [-0.4, -0.2) is 28.1 Å². The van der Waals surface area contributed by atoms with Crippen LogP contribution in [-0.2, 0) is 4.79 Å². The summed E-state index contributed by atoms with van der Waals surface area (Å²) in [5, 5.41) is 16.7. The summed E-state index contributed by atoms with van der Waals surface area (Å²) in [6.45, 7) is 2.08. The summed E-state index contributed by atoms with van der Waals surface area (Å²) in [5.41, 5.74) is 5.13. The van der Waals surface area contributed by atoms with Gasteiger partial charge in [0.15, 0.2) is 0 Å². The van der Waals surface area contributed by atoms with Crippen LogP contribution in [0.1, 0.15) is 39.0 Å². The number of guanidine groups is 1. The Morgan fingerprint density at radius 2 is 2.07 bits per heavy atom. The minimum atomic E-state index is -1.04. The van der Waals surface area contributed by atoms with Crippen molar-refractivity contribution < 1.29 is 9.90 Å². The van der Waals surface area contributed by atoms with E-state index >= 15 is 0 Å². The molecule has 1 unspecified atom stereocenters. The Bertz CT molecular complexity index is 220. The molecule has 6 N–H and O–H groups in total. The molecule has 6 heteroatoms. The highest BCUT2D eigenvalue weighted by Gasteiger charge is 2.23. The van der Waals surface area contributed by atoms with Crippen LogP contribution in [0.5, 0.6) is 0 Å². The number of carbonyl (C=O) groups is 1. The second-order valence-corrected chi connectivity index (χ2v) is 3.50. The molecule has 0 aromatic heterocycles. The molecule has 0 amide bonds. The lowest BCUT2D eigenvalue weighted by Crippen LogP contribution is -2.52. The van der Waals surface area contributed by atoms with Gasteiger partial charge in [0.25, 0.3) is 0 Å². The third-order valence-electron chi connectivity index (χ3n) is 2.23. The monoisotopic (exact) mass is 216 g/mol. The minimum Gasteiger partial charge on any atom is -0.480 e. The van der Waals surface area contributed by atoms with Crippen LogP contribution in [0.25, 0.3) is 0 Å². The molecule has 0 aliphatic heterocycles. The smallest absolute Gasteiger partial charge is 0.328 e. The van der Waals surface area contributed by atoms with Crippen LogP contribution in [0.2, 0.25) is 0 Å². The van der Waals surface area contributed by atoms with Crippen molar-refractivity contribution in [3.8, 4) is 0 Å². The number of unbranched alkanes of at least 4 members (excludes halogenated alkanes) is 3. The van der Waals surface area contributed by atoms with Crippen LogP contribution in [0.4, 0.5) is 0 Å². The van der Waals surface area contributed by atoms with Gasteiger partial charge in [-0.05, 0) is 6.42 Å². The molecule has 0 spiro atoms. The maximum atomic E-state index is 10.8. The van der Waals surface area contributed by atoms with Gasteiger partial charge >= 0.3 is 5.97 Å². The van der Waals surface area contributed by atoms with E-state index in [2.05, 4.69) is 6.92 Å². The normalized spacial score (nSPS) is 12.1. The Balaban J connectivity index is 4.05. The van der Waals surface area contributed by atoms with E-state index in [-0.39, 0.29) is 0 Å². The number of rotatable bonds is 7. The maximum absolute atomic E-state index is 10.8. The number of carboxylic acid groups (broad SMARTS) is 1. The largest absolute Gasteiger partial charge is 0.480 e. The molecular weight excluding hydrogens is 196 g/mol. The molecule has 0 aliphatic rings. The predicted molar refractivity (Wildman–Crippen MR) is 58.1 cm³/mol. The zero-order chi connectivity index (χ0) is 11.8. The Kier molecular flexibility index (Phi) is 6.44. The first kappa shape index (κ1) is 13.7. The highest BCUT2D eigenvalue weighted by molar-refractivity contribution is 5.82. The van der Waals surface area contributed by atoms with E-state index < -0.39 is 18.0 Å². The Morgan fingerprint density at radius 1 is 1.47 bits per heavy atom. The molecule has 0 aromatic rings.